The van der Waals surface area contributed by atoms with Gasteiger partial charge >= 0.3 is 5.97 Å². The van der Waals surface area contributed by atoms with E-state index in [1.807, 2.05) is 30.3 Å². The molecule has 1 aliphatic carbocycles. The molecule has 0 fully saturated rings. The van der Waals surface area contributed by atoms with E-state index in [0.717, 1.165) is 37.1 Å². The summed E-state index contributed by atoms with van der Waals surface area (Å²) in [6, 6.07) is 10.1. The predicted molar refractivity (Wildman–Crippen MR) is 91.8 cm³/mol. The average molecular weight is 328 g/mol. The van der Waals surface area contributed by atoms with Crippen molar-refractivity contribution < 1.29 is 9.53 Å². The summed E-state index contributed by atoms with van der Waals surface area (Å²) in [6.45, 7) is 2.39. The second kappa shape index (κ2) is 7.04. The lowest BCUT2D eigenvalue weighted by Crippen LogP contribution is -2.20. The zero-order valence-corrected chi connectivity index (χ0v) is 14.1. The molecule has 120 valence electrons. The van der Waals surface area contributed by atoms with E-state index in [9.17, 15) is 4.79 Å². The SMILES string of the molecule is CC(=O)OCCn1c(-c2ccccc2)nc(=S)c2c1CCCC2. The molecule has 3 rings (SSSR count). The minimum Gasteiger partial charge on any atom is -0.464 e. The standard InChI is InChI=1S/C18H20N2O2S/c1-13(21)22-12-11-20-16-10-6-5-9-15(16)18(23)19-17(20)14-7-3-2-4-8-14/h2-4,7-8H,5-6,9-12H2,1H3. The Hall–Kier alpha value is -2.01. The molecule has 1 aromatic carbocycles. The van der Waals surface area contributed by atoms with Crippen molar-refractivity contribution in [3.8, 4) is 11.4 Å². The van der Waals surface area contributed by atoms with Gasteiger partial charge in [0.25, 0.3) is 0 Å². The fourth-order valence-electron chi connectivity index (χ4n) is 3.10. The van der Waals surface area contributed by atoms with Gasteiger partial charge in [0.15, 0.2) is 0 Å². The molecule has 1 heterocycles. The summed E-state index contributed by atoms with van der Waals surface area (Å²) >= 11 is 5.53. The zero-order valence-electron chi connectivity index (χ0n) is 13.2. The maximum absolute atomic E-state index is 11.1. The first-order valence-electron chi connectivity index (χ1n) is 7.98. The monoisotopic (exact) mass is 328 g/mol. The van der Waals surface area contributed by atoms with Gasteiger partial charge in [-0.25, -0.2) is 4.98 Å². The molecule has 0 spiro atoms. The molecule has 0 radical (unpaired) electrons. The van der Waals surface area contributed by atoms with Gasteiger partial charge in [-0.1, -0.05) is 42.5 Å². The van der Waals surface area contributed by atoms with Crippen LogP contribution in [-0.4, -0.2) is 22.1 Å². The van der Waals surface area contributed by atoms with E-state index in [1.165, 1.54) is 18.2 Å². The molecule has 0 atom stereocenters. The van der Waals surface area contributed by atoms with Crippen LogP contribution in [0.5, 0.6) is 0 Å². The number of esters is 1. The summed E-state index contributed by atoms with van der Waals surface area (Å²) in [5.41, 5.74) is 3.48. The molecular weight excluding hydrogens is 308 g/mol. The fourth-order valence-corrected chi connectivity index (χ4v) is 3.40. The average Bonchev–Trinajstić information content (AvgIpc) is 2.57. The molecular formula is C18H20N2O2S. The van der Waals surface area contributed by atoms with E-state index >= 15 is 0 Å². The molecule has 1 aromatic heterocycles. The first-order valence-corrected chi connectivity index (χ1v) is 8.39. The molecule has 0 amide bonds. The molecule has 0 aliphatic heterocycles. The zero-order chi connectivity index (χ0) is 16.2. The van der Waals surface area contributed by atoms with Gasteiger partial charge in [0, 0.05) is 23.7 Å². The maximum Gasteiger partial charge on any atom is 0.302 e. The van der Waals surface area contributed by atoms with Gasteiger partial charge in [-0.2, -0.15) is 0 Å². The van der Waals surface area contributed by atoms with Crippen molar-refractivity contribution in [3.05, 3.63) is 46.2 Å². The number of hydrogen-bond acceptors (Lipinski definition) is 4. The number of hydrogen-bond donors (Lipinski definition) is 0. The number of nitrogens with zero attached hydrogens (tertiary/aromatic N) is 2. The van der Waals surface area contributed by atoms with Crippen LogP contribution in [0.4, 0.5) is 0 Å². The van der Waals surface area contributed by atoms with Gasteiger partial charge in [0.05, 0.1) is 6.54 Å². The Morgan fingerprint density at radius 2 is 2.00 bits per heavy atom. The largest absolute Gasteiger partial charge is 0.464 e. The Morgan fingerprint density at radius 3 is 2.74 bits per heavy atom. The number of fused-ring (bicyclic) bond motifs is 1. The van der Waals surface area contributed by atoms with Crippen molar-refractivity contribution in [2.45, 2.75) is 39.2 Å². The molecule has 0 saturated heterocycles. The van der Waals surface area contributed by atoms with Crippen molar-refractivity contribution in [3.63, 3.8) is 0 Å². The predicted octanol–water partition coefficient (Wildman–Crippen LogP) is 3.72. The van der Waals surface area contributed by atoms with Crippen LogP contribution >= 0.6 is 12.2 Å². The third-order valence-electron chi connectivity index (χ3n) is 4.14. The van der Waals surface area contributed by atoms with Crippen LogP contribution in [0, 0.1) is 4.64 Å². The van der Waals surface area contributed by atoms with E-state index in [2.05, 4.69) is 4.57 Å². The number of carbonyl (C=O) groups is 1. The highest BCUT2D eigenvalue weighted by atomic mass is 32.1. The van der Waals surface area contributed by atoms with Crippen LogP contribution in [0.2, 0.25) is 0 Å². The molecule has 0 N–H and O–H groups in total. The Kier molecular flexibility index (Phi) is 4.86. The van der Waals surface area contributed by atoms with Crippen LogP contribution in [0.25, 0.3) is 11.4 Å². The Balaban J connectivity index is 2.08. The van der Waals surface area contributed by atoms with Gasteiger partial charge in [-0.3, -0.25) is 4.79 Å². The smallest absolute Gasteiger partial charge is 0.302 e. The van der Waals surface area contributed by atoms with E-state index in [1.54, 1.807) is 0 Å². The van der Waals surface area contributed by atoms with Gasteiger partial charge in [-0.15, -0.1) is 0 Å². The summed E-state index contributed by atoms with van der Waals surface area (Å²) in [5, 5.41) is 0. The molecule has 0 saturated carbocycles. The second-order valence-corrected chi connectivity index (χ2v) is 6.12. The van der Waals surface area contributed by atoms with Gasteiger partial charge in [0.1, 0.15) is 17.1 Å². The maximum atomic E-state index is 11.1. The van der Waals surface area contributed by atoms with Crippen LogP contribution < -0.4 is 0 Å². The number of carbonyl (C=O) groups excluding carboxylic acids is 1. The first kappa shape index (κ1) is 15.9. The van der Waals surface area contributed by atoms with Crippen molar-refractivity contribution in [1.82, 2.24) is 9.55 Å². The first-order chi connectivity index (χ1) is 11.2. The van der Waals surface area contributed by atoms with E-state index in [-0.39, 0.29) is 5.97 Å². The van der Waals surface area contributed by atoms with Gasteiger partial charge in [-0.05, 0) is 25.7 Å². The third kappa shape index (κ3) is 3.50. The highest BCUT2D eigenvalue weighted by molar-refractivity contribution is 7.71. The van der Waals surface area contributed by atoms with Crippen LogP contribution in [-0.2, 0) is 28.9 Å². The minimum atomic E-state index is -0.256. The minimum absolute atomic E-state index is 0.256. The number of benzene rings is 1. The third-order valence-corrected chi connectivity index (χ3v) is 4.48. The summed E-state index contributed by atoms with van der Waals surface area (Å²) < 4.78 is 8.04. The lowest BCUT2D eigenvalue weighted by atomic mass is 9.96. The van der Waals surface area contributed by atoms with Gasteiger partial charge in [0.2, 0.25) is 0 Å². The van der Waals surface area contributed by atoms with E-state index in [0.29, 0.717) is 17.8 Å². The molecule has 5 heteroatoms. The molecule has 0 bridgehead atoms. The molecule has 0 unspecified atom stereocenters. The lowest BCUT2D eigenvalue weighted by Gasteiger charge is -2.24. The number of rotatable bonds is 4. The van der Waals surface area contributed by atoms with E-state index < -0.39 is 0 Å². The number of ether oxygens (including phenoxy) is 1. The Morgan fingerprint density at radius 1 is 1.26 bits per heavy atom. The topological polar surface area (TPSA) is 44.1 Å². The quantitative estimate of drug-likeness (QED) is 0.634. The molecule has 1 aliphatic rings. The normalized spacial score (nSPS) is 13.4. The summed E-state index contributed by atoms with van der Waals surface area (Å²) in [4.78, 5) is 15.8. The lowest BCUT2D eigenvalue weighted by molar-refractivity contribution is -0.141. The number of aromatic nitrogens is 2. The fraction of sp³-hybridized carbons (Fsp3) is 0.389. The summed E-state index contributed by atoms with van der Waals surface area (Å²) in [7, 11) is 0. The van der Waals surface area contributed by atoms with Gasteiger partial charge < -0.3 is 9.30 Å². The van der Waals surface area contributed by atoms with E-state index in [4.69, 9.17) is 21.9 Å². The Bertz CT molecular complexity index is 769. The highest BCUT2D eigenvalue weighted by Gasteiger charge is 2.19. The molecule has 2 aromatic rings. The summed E-state index contributed by atoms with van der Waals surface area (Å²) in [5.74, 6) is 0.608. The van der Waals surface area contributed by atoms with Crippen LogP contribution in [0.3, 0.4) is 0 Å². The highest BCUT2D eigenvalue weighted by Crippen LogP contribution is 2.27. The van der Waals surface area contributed by atoms with Crippen LogP contribution in [0.1, 0.15) is 31.0 Å². The van der Waals surface area contributed by atoms with Crippen molar-refractivity contribution in [2.24, 2.45) is 0 Å². The second-order valence-electron chi connectivity index (χ2n) is 5.73. The summed E-state index contributed by atoms with van der Waals surface area (Å²) in [6.07, 6.45) is 4.31. The molecule has 4 nitrogen and oxygen atoms in total. The Labute approximate surface area is 141 Å². The van der Waals surface area contributed by atoms with Crippen LogP contribution in [0.15, 0.2) is 30.3 Å². The van der Waals surface area contributed by atoms with Crippen molar-refractivity contribution in [1.29, 1.82) is 0 Å². The van der Waals surface area contributed by atoms with Crippen molar-refractivity contribution in [2.75, 3.05) is 6.61 Å². The van der Waals surface area contributed by atoms with Crippen molar-refractivity contribution >= 4 is 18.2 Å². The molecule has 23 heavy (non-hydrogen) atoms.